The van der Waals surface area contributed by atoms with E-state index in [1.165, 1.54) is 23.5 Å². The van der Waals surface area contributed by atoms with Crippen LogP contribution in [0.5, 0.6) is 0 Å². The van der Waals surface area contributed by atoms with Crippen molar-refractivity contribution in [1.29, 1.82) is 0 Å². The summed E-state index contributed by atoms with van der Waals surface area (Å²) in [6, 6.07) is 14.4. The Morgan fingerprint density at radius 1 is 1.17 bits per heavy atom. The van der Waals surface area contributed by atoms with Crippen LogP contribution in [0.3, 0.4) is 0 Å². The fraction of sp³-hybridized carbons (Fsp3) is 0.143. The van der Waals surface area contributed by atoms with Gasteiger partial charge in [-0.1, -0.05) is 40.2 Å². The Balaban J connectivity index is 2.11. The number of hydrogen-bond donors (Lipinski definition) is 0. The summed E-state index contributed by atoms with van der Waals surface area (Å²) in [6.07, 6.45) is 0. The molecule has 0 spiro atoms. The minimum atomic E-state index is -0.408. The summed E-state index contributed by atoms with van der Waals surface area (Å²) in [7, 11) is 0. The topological polar surface area (TPSA) is 72.8 Å². The van der Waals surface area contributed by atoms with Crippen LogP contribution in [-0.4, -0.2) is 21.9 Å². The molecule has 0 bridgehead atoms. The highest BCUT2D eigenvalue weighted by Gasteiger charge is 2.11. The summed E-state index contributed by atoms with van der Waals surface area (Å²) in [6.45, 7) is 8.28. The second-order valence-corrected chi connectivity index (χ2v) is 8.24. The van der Waals surface area contributed by atoms with E-state index in [0.29, 0.717) is 6.54 Å². The lowest BCUT2D eigenvalue weighted by Crippen LogP contribution is -2.15. The number of nitrogens with zero attached hydrogens (tertiary/aromatic N) is 4. The highest BCUT2D eigenvalue weighted by molar-refractivity contribution is 9.10. The maximum Gasteiger partial charge on any atom is 0.269 e. The molecule has 0 saturated heterocycles. The van der Waals surface area contributed by atoms with Crippen molar-refractivity contribution in [2.45, 2.75) is 13.8 Å². The Kier molecular flexibility index (Phi) is 6.56. The van der Waals surface area contributed by atoms with E-state index in [2.05, 4.69) is 27.5 Å². The van der Waals surface area contributed by atoms with Gasteiger partial charge in [-0.25, -0.2) is 4.68 Å². The molecule has 0 fully saturated rings. The van der Waals surface area contributed by atoms with Crippen molar-refractivity contribution in [3.8, 4) is 11.3 Å². The molecule has 0 aliphatic carbocycles. The van der Waals surface area contributed by atoms with E-state index in [1.54, 1.807) is 16.8 Å². The first-order valence-electron chi connectivity index (χ1n) is 8.77. The standard InChI is InChI=1S/C21H19BrN4O2S/c1-14(2)12-23-21-25(24-15(3)16-4-8-18(22)9-5-16)20(13-29-21)17-6-10-19(11-7-17)26(27)28/h4-11,13H,1,12H2,2-3H3. The van der Waals surface area contributed by atoms with E-state index in [9.17, 15) is 10.1 Å². The number of nitro groups is 1. The van der Waals surface area contributed by atoms with Crippen LogP contribution in [0.1, 0.15) is 19.4 Å². The van der Waals surface area contributed by atoms with Gasteiger partial charge >= 0.3 is 0 Å². The Hall–Kier alpha value is -2.84. The largest absolute Gasteiger partial charge is 0.269 e. The molecular formula is C21H19BrN4O2S. The van der Waals surface area contributed by atoms with Crippen LogP contribution in [0.25, 0.3) is 11.3 Å². The van der Waals surface area contributed by atoms with Crippen molar-refractivity contribution in [3.63, 3.8) is 0 Å². The molecule has 0 saturated carbocycles. The van der Waals surface area contributed by atoms with Crippen LogP contribution in [0.4, 0.5) is 5.69 Å². The zero-order valence-corrected chi connectivity index (χ0v) is 18.4. The van der Waals surface area contributed by atoms with Gasteiger partial charge in [0, 0.05) is 27.5 Å². The summed E-state index contributed by atoms with van der Waals surface area (Å²) in [5.74, 6) is 0. The van der Waals surface area contributed by atoms with Crippen molar-refractivity contribution >= 4 is 38.7 Å². The van der Waals surface area contributed by atoms with Gasteiger partial charge in [0.1, 0.15) is 0 Å². The maximum absolute atomic E-state index is 10.9. The fourth-order valence-electron chi connectivity index (χ4n) is 2.56. The van der Waals surface area contributed by atoms with Gasteiger partial charge in [-0.3, -0.25) is 15.1 Å². The lowest BCUT2D eigenvalue weighted by molar-refractivity contribution is -0.384. The van der Waals surface area contributed by atoms with Gasteiger partial charge in [0.2, 0.25) is 4.80 Å². The molecule has 0 N–H and O–H groups in total. The minimum Gasteiger partial charge on any atom is -0.258 e. The molecule has 8 heteroatoms. The highest BCUT2D eigenvalue weighted by atomic mass is 79.9. The number of rotatable bonds is 6. The van der Waals surface area contributed by atoms with Crippen LogP contribution < -0.4 is 4.80 Å². The summed E-state index contributed by atoms with van der Waals surface area (Å²) >= 11 is 4.91. The van der Waals surface area contributed by atoms with E-state index < -0.39 is 4.92 Å². The zero-order valence-electron chi connectivity index (χ0n) is 16.0. The summed E-state index contributed by atoms with van der Waals surface area (Å²) in [4.78, 5) is 15.9. The normalized spacial score (nSPS) is 12.2. The average Bonchev–Trinajstić information content (AvgIpc) is 3.09. The fourth-order valence-corrected chi connectivity index (χ4v) is 3.65. The number of benzene rings is 2. The predicted octanol–water partition coefficient (Wildman–Crippen LogP) is 5.64. The molecule has 3 rings (SSSR count). The molecule has 2 aromatic carbocycles. The number of aromatic nitrogens is 1. The number of hydrogen-bond acceptors (Lipinski definition) is 5. The van der Waals surface area contributed by atoms with Gasteiger partial charge in [0.15, 0.2) is 0 Å². The monoisotopic (exact) mass is 470 g/mol. The van der Waals surface area contributed by atoms with Crippen molar-refractivity contribution in [1.82, 2.24) is 4.68 Å². The Labute approximate surface area is 180 Å². The third-order valence-electron chi connectivity index (χ3n) is 4.06. The molecule has 148 valence electrons. The molecule has 29 heavy (non-hydrogen) atoms. The second kappa shape index (κ2) is 9.11. The van der Waals surface area contributed by atoms with E-state index in [4.69, 9.17) is 5.10 Å². The van der Waals surface area contributed by atoms with Gasteiger partial charge in [0.05, 0.1) is 22.9 Å². The molecule has 1 heterocycles. The molecular weight excluding hydrogens is 452 g/mol. The van der Waals surface area contributed by atoms with E-state index in [1.807, 2.05) is 43.5 Å². The van der Waals surface area contributed by atoms with Crippen molar-refractivity contribution in [2.24, 2.45) is 10.1 Å². The van der Waals surface area contributed by atoms with Crippen LogP contribution >= 0.6 is 27.3 Å². The van der Waals surface area contributed by atoms with Crippen molar-refractivity contribution in [3.05, 3.63) is 91.0 Å². The SMILES string of the molecule is C=C(C)CN=c1scc(-c2ccc([N+](=O)[O-])cc2)n1N=C(C)c1ccc(Br)cc1. The molecule has 0 atom stereocenters. The number of nitro benzene ring substituents is 1. The lowest BCUT2D eigenvalue weighted by Gasteiger charge is -2.07. The zero-order chi connectivity index (χ0) is 21.0. The molecule has 3 aromatic rings. The predicted molar refractivity (Wildman–Crippen MR) is 121 cm³/mol. The van der Waals surface area contributed by atoms with Gasteiger partial charge in [-0.15, -0.1) is 11.3 Å². The van der Waals surface area contributed by atoms with E-state index >= 15 is 0 Å². The third-order valence-corrected chi connectivity index (χ3v) is 5.44. The Bertz CT molecular complexity index is 1140. The molecule has 6 nitrogen and oxygen atoms in total. The van der Waals surface area contributed by atoms with Crippen LogP contribution in [0, 0.1) is 10.1 Å². The summed E-state index contributed by atoms with van der Waals surface area (Å²) in [5, 5.41) is 17.7. The van der Waals surface area contributed by atoms with Crippen LogP contribution in [0.15, 0.2) is 80.6 Å². The maximum atomic E-state index is 10.9. The molecule has 0 unspecified atom stereocenters. The van der Waals surface area contributed by atoms with Crippen molar-refractivity contribution in [2.75, 3.05) is 6.54 Å². The highest BCUT2D eigenvalue weighted by Crippen LogP contribution is 2.23. The molecule has 1 aromatic heterocycles. The first-order chi connectivity index (χ1) is 13.8. The quantitative estimate of drug-likeness (QED) is 0.202. The summed E-state index contributed by atoms with van der Waals surface area (Å²) < 4.78 is 2.78. The smallest absolute Gasteiger partial charge is 0.258 e. The van der Waals surface area contributed by atoms with E-state index in [-0.39, 0.29) is 5.69 Å². The minimum absolute atomic E-state index is 0.0530. The third kappa shape index (κ3) is 5.16. The molecule has 0 radical (unpaired) electrons. The molecule has 0 aliphatic heterocycles. The Morgan fingerprint density at radius 3 is 2.41 bits per heavy atom. The van der Waals surface area contributed by atoms with E-state index in [0.717, 1.165) is 37.4 Å². The molecule has 0 amide bonds. The first-order valence-corrected chi connectivity index (χ1v) is 10.4. The van der Waals surface area contributed by atoms with Gasteiger partial charge in [0.25, 0.3) is 5.69 Å². The average molecular weight is 471 g/mol. The Morgan fingerprint density at radius 2 is 1.83 bits per heavy atom. The van der Waals surface area contributed by atoms with Crippen LogP contribution in [0.2, 0.25) is 0 Å². The van der Waals surface area contributed by atoms with Crippen molar-refractivity contribution < 1.29 is 4.92 Å². The number of non-ortho nitro benzene ring substituents is 1. The molecule has 0 aliphatic rings. The second-order valence-electron chi connectivity index (χ2n) is 6.48. The van der Waals surface area contributed by atoms with Gasteiger partial charge in [-0.2, -0.15) is 5.10 Å². The van der Waals surface area contributed by atoms with Gasteiger partial charge < -0.3 is 0 Å². The first kappa shape index (κ1) is 20.9. The summed E-state index contributed by atoms with van der Waals surface area (Å²) in [5.41, 5.74) is 4.48. The number of thiazole rings is 1. The van der Waals surface area contributed by atoms with Crippen LogP contribution in [-0.2, 0) is 0 Å². The lowest BCUT2D eigenvalue weighted by atomic mass is 10.1. The van der Waals surface area contributed by atoms with Gasteiger partial charge in [-0.05, 0) is 43.7 Å². The number of halogens is 1.